The molecule has 0 aliphatic heterocycles. The van der Waals surface area contributed by atoms with E-state index in [0.29, 0.717) is 17.6 Å². The van der Waals surface area contributed by atoms with Crippen molar-refractivity contribution in [2.45, 2.75) is 45.2 Å². The second kappa shape index (κ2) is 6.17. The third-order valence-corrected chi connectivity index (χ3v) is 3.96. The zero-order valence-electron chi connectivity index (χ0n) is 11.8. The molecule has 0 bridgehead atoms. The Morgan fingerprint density at radius 1 is 1.35 bits per heavy atom. The second-order valence-electron chi connectivity index (χ2n) is 5.60. The minimum absolute atomic E-state index is 0.543. The lowest BCUT2D eigenvalue weighted by Crippen LogP contribution is -2.35. The van der Waals surface area contributed by atoms with E-state index in [-0.39, 0.29) is 0 Å². The summed E-state index contributed by atoms with van der Waals surface area (Å²) in [6.45, 7) is 3.96. The third kappa shape index (κ3) is 3.25. The number of aromatic nitrogens is 4. The van der Waals surface area contributed by atoms with Crippen LogP contribution >= 0.6 is 0 Å². The van der Waals surface area contributed by atoms with Crippen LogP contribution in [0.1, 0.15) is 32.6 Å². The van der Waals surface area contributed by atoms with E-state index in [4.69, 9.17) is 4.42 Å². The predicted octanol–water partition coefficient (Wildman–Crippen LogP) is 2.10. The minimum Gasteiger partial charge on any atom is -0.461 e. The molecule has 1 N–H and O–H groups in total. The maximum absolute atomic E-state index is 5.25. The number of nitrogens with zero attached hydrogens (tertiary/aromatic N) is 4. The molecule has 6 heteroatoms. The van der Waals surface area contributed by atoms with E-state index < -0.39 is 0 Å². The van der Waals surface area contributed by atoms with Gasteiger partial charge in [0.1, 0.15) is 0 Å². The Morgan fingerprint density at radius 3 is 2.95 bits per heavy atom. The highest BCUT2D eigenvalue weighted by atomic mass is 16.3. The van der Waals surface area contributed by atoms with Crippen LogP contribution < -0.4 is 5.32 Å². The van der Waals surface area contributed by atoms with Crippen molar-refractivity contribution < 1.29 is 4.42 Å². The summed E-state index contributed by atoms with van der Waals surface area (Å²) in [4.78, 5) is 1.62. The van der Waals surface area contributed by atoms with E-state index >= 15 is 0 Å². The van der Waals surface area contributed by atoms with E-state index in [1.165, 1.54) is 25.7 Å². The Bertz CT molecular complexity index is 513. The van der Waals surface area contributed by atoms with Crippen LogP contribution in [0.5, 0.6) is 0 Å². The van der Waals surface area contributed by atoms with Gasteiger partial charge in [0.25, 0.3) is 0 Å². The van der Waals surface area contributed by atoms with E-state index in [9.17, 15) is 0 Å². The Hall–Kier alpha value is -1.69. The Labute approximate surface area is 118 Å². The summed E-state index contributed by atoms with van der Waals surface area (Å²) in [7, 11) is 0. The normalized spacial score (nSPS) is 23.1. The molecule has 108 valence electrons. The van der Waals surface area contributed by atoms with Gasteiger partial charge in [0.2, 0.25) is 5.82 Å². The molecule has 6 nitrogen and oxygen atoms in total. The molecule has 0 unspecified atom stereocenters. The molecule has 0 spiro atoms. The number of hydrogen-bond acceptors (Lipinski definition) is 5. The van der Waals surface area contributed by atoms with E-state index in [1.807, 2.05) is 12.1 Å². The van der Waals surface area contributed by atoms with Gasteiger partial charge in [-0.1, -0.05) is 6.92 Å². The van der Waals surface area contributed by atoms with Crippen molar-refractivity contribution in [1.82, 2.24) is 25.5 Å². The van der Waals surface area contributed by atoms with Gasteiger partial charge in [-0.2, -0.15) is 4.80 Å². The van der Waals surface area contributed by atoms with Crippen molar-refractivity contribution in [3.63, 3.8) is 0 Å². The van der Waals surface area contributed by atoms with Crippen LogP contribution in [-0.2, 0) is 6.54 Å². The number of rotatable bonds is 5. The first-order valence-electron chi connectivity index (χ1n) is 7.36. The maximum Gasteiger partial charge on any atom is 0.240 e. The first kappa shape index (κ1) is 13.3. The van der Waals surface area contributed by atoms with E-state index in [0.717, 1.165) is 19.0 Å². The monoisotopic (exact) mass is 275 g/mol. The molecule has 2 aromatic rings. The average Bonchev–Trinajstić information content (AvgIpc) is 3.11. The molecule has 2 heterocycles. The van der Waals surface area contributed by atoms with Gasteiger partial charge in [-0.25, -0.2) is 0 Å². The fraction of sp³-hybridized carbons (Fsp3) is 0.643. The summed E-state index contributed by atoms with van der Waals surface area (Å²) in [5.41, 5.74) is 0. The molecule has 20 heavy (non-hydrogen) atoms. The SMILES string of the molecule is CC1CCC(NCCn2nnc(-c3ccco3)n2)CC1. The molecule has 1 aliphatic carbocycles. The molecule has 0 radical (unpaired) electrons. The lowest BCUT2D eigenvalue weighted by Gasteiger charge is -2.26. The Morgan fingerprint density at radius 2 is 2.20 bits per heavy atom. The summed E-state index contributed by atoms with van der Waals surface area (Å²) >= 11 is 0. The van der Waals surface area contributed by atoms with Gasteiger partial charge < -0.3 is 9.73 Å². The first-order chi connectivity index (χ1) is 9.81. The summed E-state index contributed by atoms with van der Waals surface area (Å²) in [5.74, 6) is 2.09. The van der Waals surface area contributed by atoms with Crippen molar-refractivity contribution in [2.75, 3.05) is 6.54 Å². The number of furan rings is 1. The van der Waals surface area contributed by atoms with Crippen LogP contribution in [0.15, 0.2) is 22.8 Å². The molecule has 1 saturated carbocycles. The van der Waals surface area contributed by atoms with Crippen molar-refractivity contribution in [1.29, 1.82) is 0 Å². The van der Waals surface area contributed by atoms with Crippen molar-refractivity contribution in [3.05, 3.63) is 18.4 Å². The van der Waals surface area contributed by atoms with Gasteiger partial charge in [-0.05, 0) is 48.9 Å². The molecule has 2 aromatic heterocycles. The second-order valence-corrected chi connectivity index (χ2v) is 5.60. The zero-order valence-corrected chi connectivity index (χ0v) is 11.8. The Balaban J connectivity index is 1.45. The molecular formula is C14H21N5O. The largest absolute Gasteiger partial charge is 0.461 e. The summed E-state index contributed by atoms with van der Waals surface area (Å²) in [6, 6.07) is 4.31. The third-order valence-electron chi connectivity index (χ3n) is 3.96. The molecular weight excluding hydrogens is 254 g/mol. The topological polar surface area (TPSA) is 68.8 Å². The fourth-order valence-electron chi connectivity index (χ4n) is 2.68. The predicted molar refractivity (Wildman–Crippen MR) is 74.9 cm³/mol. The highest BCUT2D eigenvalue weighted by molar-refractivity contribution is 5.43. The van der Waals surface area contributed by atoms with Crippen LogP contribution in [-0.4, -0.2) is 32.8 Å². The summed E-state index contributed by atoms with van der Waals surface area (Å²) < 4.78 is 5.25. The standard InChI is InChI=1S/C14H21N5O/c1-11-4-6-12(7-5-11)15-8-9-19-17-14(16-18-19)13-3-2-10-20-13/h2-3,10-12,15H,4-9H2,1H3. The van der Waals surface area contributed by atoms with Gasteiger partial charge in [0, 0.05) is 12.6 Å². The van der Waals surface area contributed by atoms with E-state index in [1.54, 1.807) is 11.1 Å². The number of hydrogen-bond donors (Lipinski definition) is 1. The van der Waals surface area contributed by atoms with Crippen LogP contribution in [0.25, 0.3) is 11.6 Å². The number of nitrogens with one attached hydrogen (secondary N) is 1. The Kier molecular flexibility index (Phi) is 4.11. The van der Waals surface area contributed by atoms with Gasteiger partial charge in [0.05, 0.1) is 12.8 Å². The average molecular weight is 275 g/mol. The van der Waals surface area contributed by atoms with E-state index in [2.05, 4.69) is 27.7 Å². The number of tetrazole rings is 1. The highest BCUT2D eigenvalue weighted by Crippen LogP contribution is 2.23. The molecule has 0 saturated heterocycles. The molecule has 1 fully saturated rings. The molecule has 0 amide bonds. The van der Waals surface area contributed by atoms with Crippen LogP contribution in [0.2, 0.25) is 0 Å². The fourth-order valence-corrected chi connectivity index (χ4v) is 2.68. The van der Waals surface area contributed by atoms with Gasteiger partial charge in [0.15, 0.2) is 5.76 Å². The van der Waals surface area contributed by atoms with Gasteiger partial charge >= 0.3 is 0 Å². The maximum atomic E-state index is 5.25. The van der Waals surface area contributed by atoms with Gasteiger partial charge in [-0.15, -0.1) is 10.2 Å². The highest BCUT2D eigenvalue weighted by Gasteiger charge is 2.17. The van der Waals surface area contributed by atoms with Crippen LogP contribution in [0.4, 0.5) is 0 Å². The van der Waals surface area contributed by atoms with Gasteiger partial charge in [-0.3, -0.25) is 0 Å². The molecule has 3 rings (SSSR count). The van der Waals surface area contributed by atoms with Crippen molar-refractivity contribution in [3.8, 4) is 11.6 Å². The summed E-state index contributed by atoms with van der Waals surface area (Å²) in [6.07, 6.45) is 6.85. The molecule has 1 aliphatic rings. The first-order valence-corrected chi connectivity index (χ1v) is 7.36. The van der Waals surface area contributed by atoms with Crippen LogP contribution in [0.3, 0.4) is 0 Å². The zero-order chi connectivity index (χ0) is 13.8. The van der Waals surface area contributed by atoms with Crippen molar-refractivity contribution >= 4 is 0 Å². The lowest BCUT2D eigenvalue weighted by molar-refractivity contribution is 0.301. The lowest BCUT2D eigenvalue weighted by atomic mass is 9.87. The van der Waals surface area contributed by atoms with Crippen LogP contribution in [0, 0.1) is 5.92 Å². The quantitative estimate of drug-likeness (QED) is 0.905. The molecule has 0 aromatic carbocycles. The smallest absolute Gasteiger partial charge is 0.240 e. The summed E-state index contributed by atoms with van der Waals surface area (Å²) in [5, 5.41) is 15.9. The minimum atomic E-state index is 0.543. The molecule has 0 atom stereocenters. The van der Waals surface area contributed by atoms with Crippen molar-refractivity contribution in [2.24, 2.45) is 5.92 Å².